The quantitative estimate of drug-likeness (QED) is 0.371. The van der Waals surface area contributed by atoms with Crippen LogP contribution in [-0.2, 0) is 24.0 Å². The van der Waals surface area contributed by atoms with Gasteiger partial charge in [0.1, 0.15) is 11.5 Å². The summed E-state index contributed by atoms with van der Waals surface area (Å²) in [5, 5.41) is 39.6. The number of methoxy groups -OCH3 is 1. The van der Waals surface area contributed by atoms with Gasteiger partial charge in [0.2, 0.25) is 5.78 Å². The van der Waals surface area contributed by atoms with Gasteiger partial charge < -0.3 is 35.6 Å². The predicted molar refractivity (Wildman–Crippen MR) is 130 cm³/mol. The first-order valence-electron chi connectivity index (χ1n) is 12.1. The lowest BCUT2D eigenvalue weighted by Gasteiger charge is -2.34. The first kappa shape index (κ1) is 25.6. The third kappa shape index (κ3) is 4.81. The zero-order valence-corrected chi connectivity index (χ0v) is 20.5. The summed E-state index contributed by atoms with van der Waals surface area (Å²) in [5.74, 6) is 0.461. The molecule has 0 amide bonds. The van der Waals surface area contributed by atoms with Crippen LogP contribution in [-0.4, -0.2) is 63.5 Å². The maximum absolute atomic E-state index is 13.1. The van der Waals surface area contributed by atoms with Crippen LogP contribution in [0.5, 0.6) is 11.5 Å². The number of fused-ring (bicyclic) bond motifs is 3. The molecule has 1 heterocycles. The number of hydrogen-bond donors (Lipinski definition) is 5. The van der Waals surface area contributed by atoms with Crippen molar-refractivity contribution in [2.24, 2.45) is 5.73 Å². The number of ether oxygens (including phenoxy) is 2. The Balaban J connectivity index is 0.000000243. The van der Waals surface area contributed by atoms with E-state index in [-0.39, 0.29) is 23.7 Å². The molecule has 190 valence electrons. The van der Waals surface area contributed by atoms with E-state index < -0.39 is 18.0 Å². The van der Waals surface area contributed by atoms with E-state index in [1.54, 1.807) is 20.1 Å². The van der Waals surface area contributed by atoms with Crippen LogP contribution in [0.3, 0.4) is 0 Å². The zero-order valence-electron chi connectivity index (χ0n) is 20.5. The summed E-state index contributed by atoms with van der Waals surface area (Å²) in [6, 6.07) is 7.23. The molecule has 2 aliphatic carbocycles. The second-order valence-electron chi connectivity index (χ2n) is 9.84. The average Bonchev–Trinajstić information content (AvgIpc) is 2.82. The smallest absolute Gasteiger partial charge is 0.201 e. The van der Waals surface area contributed by atoms with E-state index in [2.05, 4.69) is 0 Å². The normalized spacial score (nSPS) is 29.3. The minimum atomic E-state index is -0.812. The Hall–Kier alpha value is -2.49. The number of phenols is 1. The standard InChI is InChI=1S/C21H22O4.C6H13NO3/c1-3-21(24)8-7-15-14(11-21)10-13-9-12-5-4-6-16(25-2)17(12)20(23)18(13)19(15)22;1-3-6(9)4(7)2-5(8)10-3/h4-6,10,22,24H,3,7-9,11H2,1-2H3;3-6,8-9H,2,7H2,1H3/t21-;/m1./s1. The number of nitrogens with two attached hydrogens (primary N) is 1. The molecule has 5 atom stereocenters. The van der Waals surface area contributed by atoms with Crippen molar-refractivity contribution < 1.29 is 34.7 Å². The lowest BCUT2D eigenvalue weighted by molar-refractivity contribution is -0.198. The van der Waals surface area contributed by atoms with Gasteiger partial charge in [0.15, 0.2) is 6.29 Å². The molecule has 0 bridgehead atoms. The van der Waals surface area contributed by atoms with Gasteiger partial charge in [-0.3, -0.25) is 4.79 Å². The topological polar surface area (TPSA) is 142 Å². The van der Waals surface area contributed by atoms with Crippen molar-refractivity contribution in [3.05, 3.63) is 57.6 Å². The maximum Gasteiger partial charge on any atom is 0.201 e. The molecule has 1 saturated heterocycles. The van der Waals surface area contributed by atoms with Crippen LogP contribution < -0.4 is 10.5 Å². The summed E-state index contributed by atoms with van der Waals surface area (Å²) in [5.41, 5.74) is 9.23. The third-order valence-electron chi connectivity index (χ3n) is 7.53. The first-order chi connectivity index (χ1) is 16.6. The number of carbonyl (C=O) groups excluding carboxylic acids is 1. The highest BCUT2D eigenvalue weighted by Crippen LogP contribution is 2.43. The Bertz CT molecular complexity index is 1110. The number of aliphatic hydroxyl groups is 3. The fourth-order valence-electron chi connectivity index (χ4n) is 5.34. The predicted octanol–water partition coefficient (Wildman–Crippen LogP) is 1.97. The number of ketones is 1. The molecule has 0 radical (unpaired) electrons. The summed E-state index contributed by atoms with van der Waals surface area (Å²) < 4.78 is 10.3. The SMILES string of the molecule is CC1OC(O)CC(N)C1O.CC[C@@]1(O)CCc2c(cc3c(c2O)C(=O)c2c(cccc2OC)C3)C1. The molecule has 8 heteroatoms. The molecule has 6 N–H and O–H groups in total. The fourth-order valence-corrected chi connectivity index (χ4v) is 5.34. The van der Waals surface area contributed by atoms with E-state index in [9.17, 15) is 20.1 Å². The van der Waals surface area contributed by atoms with Gasteiger partial charge in [-0.2, -0.15) is 0 Å². The monoisotopic (exact) mass is 485 g/mol. The van der Waals surface area contributed by atoms with E-state index in [1.807, 2.05) is 25.1 Å². The Morgan fingerprint density at radius 3 is 2.60 bits per heavy atom. The van der Waals surface area contributed by atoms with Crippen molar-refractivity contribution >= 4 is 5.78 Å². The van der Waals surface area contributed by atoms with Crippen molar-refractivity contribution in [3.8, 4) is 11.5 Å². The molecule has 5 rings (SSSR count). The molecular weight excluding hydrogens is 450 g/mol. The lowest BCUT2D eigenvalue weighted by Crippen LogP contribution is -2.51. The summed E-state index contributed by atoms with van der Waals surface area (Å²) in [7, 11) is 1.55. The number of phenolic OH excluding ortho intramolecular Hbond substituents is 1. The molecule has 0 spiro atoms. The van der Waals surface area contributed by atoms with Crippen molar-refractivity contribution in [1.29, 1.82) is 0 Å². The van der Waals surface area contributed by atoms with Crippen LogP contribution in [0.25, 0.3) is 0 Å². The van der Waals surface area contributed by atoms with Gasteiger partial charge in [-0.15, -0.1) is 0 Å². The largest absolute Gasteiger partial charge is 0.507 e. The molecule has 0 aromatic heterocycles. The van der Waals surface area contributed by atoms with Gasteiger partial charge in [0.05, 0.1) is 36.0 Å². The second kappa shape index (κ2) is 9.87. The molecule has 4 unspecified atom stereocenters. The first-order valence-corrected chi connectivity index (χ1v) is 12.1. The highest BCUT2D eigenvalue weighted by Gasteiger charge is 2.36. The molecule has 2 aromatic rings. The zero-order chi connectivity index (χ0) is 25.5. The van der Waals surface area contributed by atoms with Crippen molar-refractivity contribution in [2.75, 3.05) is 7.11 Å². The van der Waals surface area contributed by atoms with Gasteiger partial charge in [-0.25, -0.2) is 0 Å². The highest BCUT2D eigenvalue weighted by molar-refractivity contribution is 6.15. The number of aromatic hydroxyl groups is 1. The van der Waals surface area contributed by atoms with E-state index >= 15 is 0 Å². The number of rotatable bonds is 2. The van der Waals surface area contributed by atoms with Crippen molar-refractivity contribution in [2.45, 2.75) is 82.5 Å². The highest BCUT2D eigenvalue weighted by atomic mass is 16.6. The van der Waals surface area contributed by atoms with Gasteiger partial charge in [0.25, 0.3) is 0 Å². The Kier molecular flexibility index (Phi) is 7.22. The number of benzene rings is 2. The van der Waals surface area contributed by atoms with E-state index in [1.165, 1.54) is 0 Å². The molecular formula is C27H35NO7. The van der Waals surface area contributed by atoms with Gasteiger partial charge in [0, 0.05) is 18.9 Å². The van der Waals surface area contributed by atoms with Crippen LogP contribution in [0.2, 0.25) is 0 Å². The Labute approximate surface area is 205 Å². The second-order valence-corrected chi connectivity index (χ2v) is 9.84. The fraction of sp³-hybridized carbons (Fsp3) is 0.519. The molecule has 8 nitrogen and oxygen atoms in total. The Morgan fingerprint density at radius 2 is 1.94 bits per heavy atom. The minimum Gasteiger partial charge on any atom is -0.507 e. The average molecular weight is 486 g/mol. The molecule has 1 aliphatic heterocycles. The summed E-state index contributed by atoms with van der Waals surface area (Å²) in [4.78, 5) is 13.1. The molecule has 0 saturated carbocycles. The van der Waals surface area contributed by atoms with Gasteiger partial charge in [-0.05, 0) is 60.9 Å². The van der Waals surface area contributed by atoms with Gasteiger partial charge in [-0.1, -0.05) is 25.1 Å². The van der Waals surface area contributed by atoms with Crippen LogP contribution >= 0.6 is 0 Å². The number of carbonyl (C=O) groups is 1. The molecule has 3 aliphatic rings. The molecule has 2 aromatic carbocycles. The minimum absolute atomic E-state index is 0.0900. The summed E-state index contributed by atoms with van der Waals surface area (Å²) in [6.07, 6.45) is 1.48. The summed E-state index contributed by atoms with van der Waals surface area (Å²) in [6.45, 7) is 3.67. The van der Waals surface area contributed by atoms with Crippen molar-refractivity contribution in [1.82, 2.24) is 0 Å². The van der Waals surface area contributed by atoms with Gasteiger partial charge >= 0.3 is 0 Å². The van der Waals surface area contributed by atoms with E-state index in [0.29, 0.717) is 55.4 Å². The van der Waals surface area contributed by atoms with Crippen molar-refractivity contribution in [3.63, 3.8) is 0 Å². The van der Waals surface area contributed by atoms with Crippen LogP contribution in [0.15, 0.2) is 24.3 Å². The third-order valence-corrected chi connectivity index (χ3v) is 7.53. The van der Waals surface area contributed by atoms with Crippen LogP contribution in [0.4, 0.5) is 0 Å². The van der Waals surface area contributed by atoms with E-state index in [4.69, 9.17) is 20.3 Å². The number of aliphatic hydroxyl groups excluding tert-OH is 2. The Morgan fingerprint density at radius 1 is 1.20 bits per heavy atom. The maximum atomic E-state index is 13.1. The van der Waals surface area contributed by atoms with Crippen LogP contribution in [0.1, 0.15) is 71.3 Å². The van der Waals surface area contributed by atoms with Crippen LogP contribution in [0, 0.1) is 0 Å². The molecule has 1 fully saturated rings. The molecule has 35 heavy (non-hydrogen) atoms. The number of hydrogen-bond acceptors (Lipinski definition) is 8. The summed E-state index contributed by atoms with van der Waals surface area (Å²) >= 11 is 0. The lowest BCUT2D eigenvalue weighted by atomic mass is 9.74. The van der Waals surface area contributed by atoms with E-state index in [0.717, 1.165) is 22.3 Å².